The maximum absolute atomic E-state index is 2.60. The summed E-state index contributed by atoms with van der Waals surface area (Å²) in [6.45, 7) is 2.03. The first kappa shape index (κ1) is 18.8. The van der Waals surface area contributed by atoms with E-state index >= 15 is 0 Å². The van der Waals surface area contributed by atoms with E-state index in [1.807, 2.05) is 0 Å². The van der Waals surface area contributed by atoms with E-state index in [0.717, 1.165) is 13.1 Å². The van der Waals surface area contributed by atoms with Crippen LogP contribution in [0.1, 0.15) is 45.8 Å². The van der Waals surface area contributed by atoms with Gasteiger partial charge in [0.15, 0.2) is 0 Å². The number of fused-ring (bicyclic) bond motifs is 6. The highest BCUT2D eigenvalue weighted by Crippen LogP contribution is 2.54. The lowest BCUT2D eigenvalue weighted by Crippen LogP contribution is -2.39. The van der Waals surface area contributed by atoms with Crippen molar-refractivity contribution in [2.45, 2.75) is 18.0 Å². The van der Waals surface area contributed by atoms with Crippen LogP contribution in [0, 0.1) is 0 Å². The first-order chi connectivity index (χ1) is 16.4. The van der Waals surface area contributed by atoms with Crippen LogP contribution in [0.4, 0.5) is 0 Å². The molecule has 0 radical (unpaired) electrons. The molecular weight excluding hydrogens is 400 g/mol. The smallest absolute Gasteiger partial charge is 0.0740 e. The van der Waals surface area contributed by atoms with Gasteiger partial charge in [-0.05, 0) is 46.1 Å². The summed E-state index contributed by atoms with van der Waals surface area (Å²) in [5.74, 6) is 0.410. The average molecular weight is 427 g/mol. The van der Waals surface area contributed by atoms with Crippen molar-refractivity contribution in [2.24, 2.45) is 0 Å². The van der Waals surface area contributed by atoms with Gasteiger partial charge in [-0.15, -0.1) is 0 Å². The Morgan fingerprint density at radius 3 is 2.39 bits per heavy atom. The molecule has 4 heterocycles. The van der Waals surface area contributed by atoms with Crippen molar-refractivity contribution in [2.75, 3.05) is 13.1 Å². The lowest BCUT2D eigenvalue weighted by Gasteiger charge is -2.44. The summed E-state index contributed by atoms with van der Waals surface area (Å²) >= 11 is 0. The molecule has 2 heteroatoms. The molecule has 33 heavy (non-hydrogen) atoms. The molecule has 7 rings (SSSR count). The highest BCUT2D eigenvalue weighted by molar-refractivity contribution is 5.76. The molecule has 4 aliphatic rings. The highest BCUT2D eigenvalue weighted by Gasteiger charge is 2.44. The number of hydrogen-bond donors (Lipinski definition) is 0. The molecular formula is C31H26N2. The van der Waals surface area contributed by atoms with Crippen molar-refractivity contribution in [3.05, 3.63) is 143 Å². The van der Waals surface area contributed by atoms with E-state index in [0.29, 0.717) is 12.0 Å². The van der Waals surface area contributed by atoms with Crippen LogP contribution in [0.15, 0.2) is 115 Å². The minimum absolute atomic E-state index is 0.275. The second-order valence-electron chi connectivity index (χ2n) is 9.35. The van der Waals surface area contributed by atoms with E-state index < -0.39 is 0 Å². The third-order valence-corrected chi connectivity index (χ3v) is 7.64. The molecule has 3 atom stereocenters. The second-order valence-corrected chi connectivity index (χ2v) is 9.35. The van der Waals surface area contributed by atoms with Crippen molar-refractivity contribution >= 4 is 11.3 Å². The summed E-state index contributed by atoms with van der Waals surface area (Å²) in [5, 5.41) is 0. The number of allylic oxidation sites excluding steroid dienone is 4. The zero-order valence-electron chi connectivity index (χ0n) is 18.5. The van der Waals surface area contributed by atoms with Crippen LogP contribution in [-0.2, 0) is 0 Å². The van der Waals surface area contributed by atoms with Crippen LogP contribution < -0.4 is 0 Å². The molecule has 0 N–H and O–H groups in total. The second kappa shape index (κ2) is 7.38. The van der Waals surface area contributed by atoms with Crippen LogP contribution in [0.25, 0.3) is 11.3 Å². The summed E-state index contributed by atoms with van der Waals surface area (Å²) in [5.41, 5.74) is 9.74. The zero-order chi connectivity index (χ0) is 21.8. The molecule has 0 amide bonds. The predicted molar refractivity (Wildman–Crippen MR) is 135 cm³/mol. The van der Waals surface area contributed by atoms with Crippen molar-refractivity contribution in [1.29, 1.82) is 0 Å². The van der Waals surface area contributed by atoms with E-state index in [9.17, 15) is 0 Å². The molecule has 0 saturated heterocycles. The van der Waals surface area contributed by atoms with E-state index in [4.69, 9.17) is 0 Å². The van der Waals surface area contributed by atoms with Crippen molar-refractivity contribution in [3.63, 3.8) is 0 Å². The van der Waals surface area contributed by atoms with Crippen molar-refractivity contribution in [1.82, 2.24) is 9.80 Å². The largest absolute Gasteiger partial charge is 0.367 e. The van der Waals surface area contributed by atoms with E-state index in [-0.39, 0.29) is 6.04 Å². The Kier molecular flexibility index (Phi) is 4.20. The van der Waals surface area contributed by atoms with Gasteiger partial charge in [-0.3, -0.25) is 0 Å². The summed E-state index contributed by atoms with van der Waals surface area (Å²) in [6.07, 6.45) is 13.9. The van der Waals surface area contributed by atoms with E-state index in [2.05, 4.69) is 125 Å². The van der Waals surface area contributed by atoms with Gasteiger partial charge in [0.05, 0.1) is 12.1 Å². The van der Waals surface area contributed by atoms with Crippen molar-refractivity contribution in [3.8, 4) is 0 Å². The highest BCUT2D eigenvalue weighted by atomic mass is 15.2. The first-order valence-electron chi connectivity index (χ1n) is 11.9. The Morgan fingerprint density at radius 1 is 0.758 bits per heavy atom. The summed E-state index contributed by atoms with van der Waals surface area (Å²) in [6, 6.07) is 29.5. The lowest BCUT2D eigenvalue weighted by atomic mass is 9.80. The molecule has 2 nitrogen and oxygen atoms in total. The van der Waals surface area contributed by atoms with Gasteiger partial charge in [-0.2, -0.15) is 0 Å². The molecule has 0 bridgehead atoms. The number of benzene rings is 3. The van der Waals surface area contributed by atoms with Gasteiger partial charge < -0.3 is 9.80 Å². The lowest BCUT2D eigenvalue weighted by molar-refractivity contribution is 0.209. The van der Waals surface area contributed by atoms with Gasteiger partial charge >= 0.3 is 0 Å². The van der Waals surface area contributed by atoms with Gasteiger partial charge in [-0.25, -0.2) is 0 Å². The maximum atomic E-state index is 2.60. The molecule has 0 fully saturated rings. The fraction of sp³-hybridized carbons (Fsp3) is 0.161. The summed E-state index contributed by atoms with van der Waals surface area (Å²) < 4.78 is 0. The fourth-order valence-electron chi connectivity index (χ4n) is 6.19. The van der Waals surface area contributed by atoms with Gasteiger partial charge in [0.1, 0.15) is 0 Å². The average Bonchev–Trinajstić information content (AvgIpc) is 3.22. The topological polar surface area (TPSA) is 6.48 Å². The van der Waals surface area contributed by atoms with Gasteiger partial charge in [-0.1, -0.05) is 91.0 Å². The SMILES string of the molecule is C1=CCN2C[C@@H]([C@@H]3c4ccccc4C4C=C(c5ccccc5)C=CN43)c3ccccc3C2=C1. The minimum atomic E-state index is 0.275. The Labute approximate surface area is 195 Å². The molecule has 0 saturated carbocycles. The van der Waals surface area contributed by atoms with Gasteiger partial charge in [0, 0.05) is 36.5 Å². The minimum Gasteiger partial charge on any atom is -0.367 e. The van der Waals surface area contributed by atoms with Gasteiger partial charge in [0.25, 0.3) is 0 Å². The Hall–Kier alpha value is -3.78. The van der Waals surface area contributed by atoms with E-state index in [1.165, 1.54) is 39.1 Å². The molecule has 3 aromatic rings. The van der Waals surface area contributed by atoms with Crippen LogP contribution in [-0.4, -0.2) is 22.9 Å². The molecule has 0 aliphatic carbocycles. The third-order valence-electron chi connectivity index (χ3n) is 7.64. The van der Waals surface area contributed by atoms with Crippen LogP contribution in [0.5, 0.6) is 0 Å². The standard InChI is InChI=1S/C31H26N2/c1-2-10-22(11-3-1)23-17-19-33-30(20-23)26-14-6-7-15-27(26)31(33)28-21-32-18-9-8-16-29(32)25-13-5-4-12-24(25)28/h1-17,19-20,28,30-31H,18,21H2/t28-,30?,31+/m1/s1. The maximum Gasteiger partial charge on any atom is 0.0740 e. The zero-order valence-corrected chi connectivity index (χ0v) is 18.5. The predicted octanol–water partition coefficient (Wildman–Crippen LogP) is 6.71. The van der Waals surface area contributed by atoms with Crippen molar-refractivity contribution < 1.29 is 0 Å². The summed E-state index contributed by atoms with van der Waals surface area (Å²) in [7, 11) is 0. The summed E-state index contributed by atoms with van der Waals surface area (Å²) in [4.78, 5) is 5.16. The quantitative estimate of drug-likeness (QED) is 0.450. The Balaban J connectivity index is 1.35. The molecule has 160 valence electrons. The molecule has 4 aliphatic heterocycles. The fourth-order valence-corrected chi connectivity index (χ4v) is 6.19. The number of hydrogen-bond acceptors (Lipinski definition) is 2. The van der Waals surface area contributed by atoms with Crippen LogP contribution in [0.3, 0.4) is 0 Å². The van der Waals surface area contributed by atoms with E-state index in [1.54, 1.807) is 0 Å². The Morgan fingerprint density at radius 2 is 1.52 bits per heavy atom. The molecule has 3 aromatic carbocycles. The normalized spacial score (nSPS) is 24.4. The monoisotopic (exact) mass is 426 g/mol. The van der Waals surface area contributed by atoms with Gasteiger partial charge in [0.2, 0.25) is 0 Å². The van der Waals surface area contributed by atoms with Crippen LogP contribution in [0.2, 0.25) is 0 Å². The number of rotatable bonds is 2. The first-order valence-corrected chi connectivity index (χ1v) is 11.9. The Bertz CT molecular complexity index is 1340. The third kappa shape index (κ3) is 2.87. The molecule has 1 unspecified atom stereocenters. The number of nitrogens with zero attached hydrogens (tertiary/aromatic N) is 2. The molecule has 0 aromatic heterocycles. The molecule has 0 spiro atoms. The van der Waals surface area contributed by atoms with Crippen LogP contribution >= 0.6 is 0 Å².